The molecule has 0 spiro atoms. The molecule has 1 aromatic rings. The van der Waals surface area contributed by atoms with Gasteiger partial charge in [0.15, 0.2) is 5.76 Å². The van der Waals surface area contributed by atoms with Gasteiger partial charge in [0.25, 0.3) is 0 Å². The van der Waals surface area contributed by atoms with Crippen LogP contribution >= 0.6 is 0 Å². The number of carbonyl (C=O) groups excluding carboxylic acids is 1. The Bertz CT molecular complexity index is 341. The van der Waals surface area contributed by atoms with Crippen LogP contribution in [0.4, 0.5) is 13.2 Å². The Balaban J connectivity index is 2.37. The van der Waals surface area contributed by atoms with Crippen molar-refractivity contribution >= 4 is 5.78 Å². The Morgan fingerprint density at radius 2 is 2.13 bits per heavy atom. The van der Waals surface area contributed by atoms with E-state index >= 15 is 0 Å². The summed E-state index contributed by atoms with van der Waals surface area (Å²) in [5.74, 6) is -0.0730. The van der Waals surface area contributed by atoms with Crippen molar-refractivity contribution in [1.82, 2.24) is 0 Å². The lowest BCUT2D eigenvalue weighted by Crippen LogP contribution is -2.20. The lowest BCUT2D eigenvalue weighted by molar-refractivity contribution is -0.171. The second kappa shape index (κ2) is 4.48. The summed E-state index contributed by atoms with van der Waals surface area (Å²) >= 11 is 0. The van der Waals surface area contributed by atoms with Crippen LogP contribution in [0, 0.1) is 6.92 Å². The zero-order valence-electron chi connectivity index (χ0n) is 7.93. The molecule has 0 aliphatic rings. The molecule has 0 fully saturated rings. The van der Waals surface area contributed by atoms with E-state index in [0.29, 0.717) is 5.76 Å². The summed E-state index contributed by atoms with van der Waals surface area (Å²) in [5, 5.41) is 0. The molecule has 0 aliphatic carbocycles. The monoisotopic (exact) mass is 222 g/mol. The van der Waals surface area contributed by atoms with Crippen LogP contribution in [-0.4, -0.2) is 25.2 Å². The molecule has 84 valence electrons. The predicted octanol–water partition coefficient (Wildman–Crippen LogP) is 2.35. The van der Waals surface area contributed by atoms with Crippen LogP contribution < -0.4 is 0 Å². The Labute approximate surface area is 83.8 Å². The van der Waals surface area contributed by atoms with E-state index < -0.39 is 25.2 Å². The lowest BCUT2D eigenvalue weighted by atomic mass is 10.3. The summed E-state index contributed by atoms with van der Waals surface area (Å²) in [4.78, 5) is 11.2. The van der Waals surface area contributed by atoms with Crippen molar-refractivity contribution in [1.29, 1.82) is 0 Å². The van der Waals surface area contributed by atoms with Crippen molar-refractivity contribution in [2.24, 2.45) is 0 Å². The third-order valence-corrected chi connectivity index (χ3v) is 1.51. The molecule has 0 aliphatic heterocycles. The second-order valence-electron chi connectivity index (χ2n) is 2.94. The van der Waals surface area contributed by atoms with E-state index in [-0.39, 0.29) is 5.76 Å². The average molecular weight is 222 g/mol. The average Bonchev–Trinajstić information content (AvgIpc) is 2.49. The molecule has 0 saturated carbocycles. The van der Waals surface area contributed by atoms with Gasteiger partial charge in [-0.05, 0) is 19.1 Å². The highest BCUT2D eigenvalue weighted by Crippen LogP contribution is 2.15. The van der Waals surface area contributed by atoms with Crippen LogP contribution in [0.5, 0.6) is 0 Å². The molecule has 1 aromatic heterocycles. The van der Waals surface area contributed by atoms with E-state index in [1.165, 1.54) is 6.07 Å². The van der Waals surface area contributed by atoms with Gasteiger partial charge in [-0.2, -0.15) is 13.2 Å². The highest BCUT2D eigenvalue weighted by molar-refractivity contribution is 5.94. The molecule has 0 bridgehead atoms. The summed E-state index contributed by atoms with van der Waals surface area (Å²) in [7, 11) is 0. The van der Waals surface area contributed by atoms with Crippen molar-refractivity contribution in [3.63, 3.8) is 0 Å². The van der Waals surface area contributed by atoms with Crippen LogP contribution in [0.15, 0.2) is 16.5 Å². The zero-order chi connectivity index (χ0) is 11.5. The number of carbonyl (C=O) groups is 1. The number of hydrogen-bond donors (Lipinski definition) is 0. The summed E-state index contributed by atoms with van der Waals surface area (Å²) < 4.78 is 44.1. The maximum Gasteiger partial charge on any atom is 0.411 e. The highest BCUT2D eigenvalue weighted by Gasteiger charge is 2.28. The highest BCUT2D eigenvalue weighted by atomic mass is 19.4. The first-order valence-corrected chi connectivity index (χ1v) is 4.12. The van der Waals surface area contributed by atoms with Gasteiger partial charge in [0.2, 0.25) is 5.78 Å². The number of Topliss-reactive ketones (excluding diaryl/α,β-unsaturated/α-hetero) is 1. The van der Waals surface area contributed by atoms with E-state index in [1.807, 2.05) is 0 Å². The van der Waals surface area contributed by atoms with Gasteiger partial charge in [-0.25, -0.2) is 0 Å². The van der Waals surface area contributed by atoms with Gasteiger partial charge < -0.3 is 9.15 Å². The molecule has 1 heterocycles. The number of rotatable bonds is 4. The van der Waals surface area contributed by atoms with Gasteiger partial charge in [0.1, 0.15) is 19.0 Å². The van der Waals surface area contributed by atoms with Crippen LogP contribution in [0.3, 0.4) is 0 Å². The zero-order valence-corrected chi connectivity index (χ0v) is 7.93. The number of ether oxygens (including phenoxy) is 1. The van der Waals surface area contributed by atoms with Crippen LogP contribution in [0.1, 0.15) is 16.3 Å². The van der Waals surface area contributed by atoms with Gasteiger partial charge >= 0.3 is 6.18 Å². The minimum Gasteiger partial charge on any atom is -0.458 e. The quantitative estimate of drug-likeness (QED) is 0.734. The van der Waals surface area contributed by atoms with Crippen molar-refractivity contribution in [2.75, 3.05) is 13.2 Å². The predicted molar refractivity (Wildman–Crippen MR) is 44.6 cm³/mol. The van der Waals surface area contributed by atoms with Crippen molar-refractivity contribution in [3.05, 3.63) is 23.7 Å². The molecule has 0 radical (unpaired) electrons. The van der Waals surface area contributed by atoms with Crippen molar-refractivity contribution in [3.8, 4) is 0 Å². The fourth-order valence-corrected chi connectivity index (χ4v) is 0.915. The van der Waals surface area contributed by atoms with Gasteiger partial charge in [0, 0.05) is 0 Å². The van der Waals surface area contributed by atoms with E-state index in [0.717, 1.165) is 0 Å². The molecule has 0 amide bonds. The number of aryl methyl sites for hydroxylation is 1. The van der Waals surface area contributed by atoms with E-state index in [1.54, 1.807) is 13.0 Å². The third-order valence-electron chi connectivity index (χ3n) is 1.51. The SMILES string of the molecule is Cc1ccc(C(=O)COCC(F)(F)F)o1. The smallest absolute Gasteiger partial charge is 0.411 e. The molecule has 15 heavy (non-hydrogen) atoms. The van der Waals surface area contributed by atoms with Gasteiger partial charge in [-0.1, -0.05) is 0 Å². The van der Waals surface area contributed by atoms with Crippen LogP contribution in [-0.2, 0) is 4.74 Å². The first-order chi connectivity index (χ1) is 6.88. The van der Waals surface area contributed by atoms with Crippen molar-refractivity contribution < 1.29 is 27.1 Å². The fourth-order valence-electron chi connectivity index (χ4n) is 0.915. The largest absolute Gasteiger partial charge is 0.458 e. The summed E-state index contributed by atoms with van der Waals surface area (Å²) in [5.41, 5.74) is 0. The number of halogens is 3. The molecule has 3 nitrogen and oxygen atoms in total. The Hall–Kier alpha value is -1.30. The first kappa shape index (κ1) is 11.8. The number of ketones is 1. The number of furan rings is 1. The summed E-state index contributed by atoms with van der Waals surface area (Å²) in [6, 6.07) is 2.95. The Kier molecular flexibility index (Phi) is 3.52. The third kappa shape index (κ3) is 4.16. The van der Waals surface area contributed by atoms with E-state index in [4.69, 9.17) is 4.42 Å². The minimum absolute atomic E-state index is 0.00896. The van der Waals surface area contributed by atoms with Gasteiger partial charge in [0.05, 0.1) is 0 Å². The summed E-state index contributed by atoms with van der Waals surface area (Å²) in [6.07, 6.45) is -4.42. The van der Waals surface area contributed by atoms with Crippen LogP contribution in [0.25, 0.3) is 0 Å². The lowest BCUT2D eigenvalue weighted by Gasteiger charge is -2.05. The molecule has 6 heteroatoms. The molecular weight excluding hydrogens is 213 g/mol. The number of hydrogen-bond acceptors (Lipinski definition) is 3. The molecular formula is C9H9F3O3. The minimum atomic E-state index is -4.42. The Morgan fingerprint density at radius 3 is 2.60 bits per heavy atom. The van der Waals surface area contributed by atoms with Gasteiger partial charge in [-0.3, -0.25) is 4.79 Å². The molecule has 0 saturated heterocycles. The molecule has 1 rings (SSSR count). The second-order valence-corrected chi connectivity index (χ2v) is 2.94. The normalized spacial score (nSPS) is 11.7. The fraction of sp³-hybridized carbons (Fsp3) is 0.444. The molecule has 0 aromatic carbocycles. The standard InChI is InChI=1S/C9H9F3O3/c1-6-2-3-8(15-6)7(13)4-14-5-9(10,11)12/h2-3H,4-5H2,1H3. The first-order valence-electron chi connectivity index (χ1n) is 4.12. The number of alkyl halides is 3. The van der Waals surface area contributed by atoms with E-state index in [2.05, 4.69) is 4.74 Å². The van der Waals surface area contributed by atoms with E-state index in [9.17, 15) is 18.0 Å². The Morgan fingerprint density at radius 1 is 1.47 bits per heavy atom. The topological polar surface area (TPSA) is 39.4 Å². The summed E-state index contributed by atoms with van der Waals surface area (Å²) in [6.45, 7) is -0.432. The maximum atomic E-state index is 11.7. The molecule has 0 atom stereocenters. The van der Waals surface area contributed by atoms with Crippen molar-refractivity contribution in [2.45, 2.75) is 13.1 Å². The molecule has 0 unspecified atom stereocenters. The van der Waals surface area contributed by atoms with Crippen LogP contribution in [0.2, 0.25) is 0 Å². The molecule has 0 N–H and O–H groups in total. The van der Waals surface area contributed by atoms with Gasteiger partial charge in [-0.15, -0.1) is 0 Å². The maximum absolute atomic E-state index is 11.7.